The fourth-order valence-corrected chi connectivity index (χ4v) is 3.03. The standard InChI is InChI=1S/C16H16N6O/c1-23-15-4-11(9-22-16(15)12(5-17)6-20-22)13-7-19-21(10-13)14-2-3-18-8-14/h4,6-7,9-10,14,18H,2-3,8H2,1H3/t14-/m1/s1. The van der Waals surface area contributed by atoms with Gasteiger partial charge in [-0.05, 0) is 19.0 Å². The van der Waals surface area contributed by atoms with Crippen LogP contribution in [-0.2, 0) is 0 Å². The molecule has 0 spiro atoms. The molecule has 0 amide bonds. The predicted molar refractivity (Wildman–Crippen MR) is 84.2 cm³/mol. The fraction of sp³-hybridized carbons (Fsp3) is 0.312. The lowest BCUT2D eigenvalue weighted by molar-refractivity contribution is 0.417. The number of rotatable bonds is 3. The largest absolute Gasteiger partial charge is 0.494 e. The third kappa shape index (κ3) is 2.24. The maximum atomic E-state index is 9.18. The van der Waals surface area contributed by atoms with Crippen molar-refractivity contribution < 1.29 is 4.74 Å². The highest BCUT2D eigenvalue weighted by molar-refractivity contribution is 5.74. The van der Waals surface area contributed by atoms with E-state index in [4.69, 9.17) is 4.74 Å². The Morgan fingerprint density at radius 1 is 1.30 bits per heavy atom. The molecule has 4 rings (SSSR count). The SMILES string of the molecule is COc1cc(-c2cnn([C@@H]3CCNC3)c2)cn2ncc(C#N)c12. The van der Waals surface area contributed by atoms with Gasteiger partial charge in [-0.2, -0.15) is 15.5 Å². The number of hydrogen-bond acceptors (Lipinski definition) is 5. The highest BCUT2D eigenvalue weighted by Crippen LogP contribution is 2.30. The molecule has 0 unspecified atom stereocenters. The second-order valence-corrected chi connectivity index (χ2v) is 5.62. The van der Waals surface area contributed by atoms with Gasteiger partial charge in [0, 0.05) is 30.1 Å². The Hall–Kier alpha value is -2.85. The number of methoxy groups -OCH3 is 1. The third-order valence-electron chi connectivity index (χ3n) is 4.26. The van der Waals surface area contributed by atoms with Crippen LogP contribution in [0, 0.1) is 11.3 Å². The molecule has 23 heavy (non-hydrogen) atoms. The van der Waals surface area contributed by atoms with Gasteiger partial charge in [0.25, 0.3) is 0 Å². The van der Waals surface area contributed by atoms with Crippen molar-refractivity contribution in [3.8, 4) is 22.9 Å². The van der Waals surface area contributed by atoms with E-state index in [-0.39, 0.29) is 0 Å². The van der Waals surface area contributed by atoms with Crippen LogP contribution >= 0.6 is 0 Å². The quantitative estimate of drug-likeness (QED) is 0.795. The Labute approximate surface area is 133 Å². The Morgan fingerprint density at radius 3 is 2.96 bits per heavy atom. The number of pyridine rings is 1. The molecular weight excluding hydrogens is 292 g/mol. The number of hydrogen-bond donors (Lipinski definition) is 1. The molecule has 1 aliphatic heterocycles. The molecule has 0 saturated carbocycles. The van der Waals surface area contributed by atoms with E-state index in [0.717, 1.165) is 30.6 Å². The molecule has 1 aliphatic rings. The number of ether oxygens (including phenoxy) is 1. The second-order valence-electron chi connectivity index (χ2n) is 5.62. The van der Waals surface area contributed by atoms with Crippen LogP contribution in [-0.4, -0.2) is 39.6 Å². The van der Waals surface area contributed by atoms with Crippen molar-refractivity contribution in [2.24, 2.45) is 0 Å². The minimum atomic E-state index is 0.407. The van der Waals surface area contributed by atoms with E-state index in [1.807, 2.05) is 29.3 Å². The van der Waals surface area contributed by atoms with E-state index < -0.39 is 0 Å². The Balaban J connectivity index is 1.78. The first-order valence-corrected chi connectivity index (χ1v) is 7.51. The van der Waals surface area contributed by atoms with Gasteiger partial charge in [0.15, 0.2) is 0 Å². The van der Waals surface area contributed by atoms with Crippen molar-refractivity contribution >= 4 is 5.52 Å². The summed E-state index contributed by atoms with van der Waals surface area (Å²) in [5.74, 6) is 0.631. The molecule has 4 heterocycles. The lowest BCUT2D eigenvalue weighted by atomic mass is 10.1. The molecule has 3 aromatic heterocycles. The lowest BCUT2D eigenvalue weighted by Gasteiger charge is -2.08. The van der Waals surface area contributed by atoms with Crippen LogP contribution in [0.25, 0.3) is 16.6 Å². The molecule has 116 valence electrons. The number of nitriles is 1. The van der Waals surface area contributed by atoms with E-state index >= 15 is 0 Å². The van der Waals surface area contributed by atoms with Crippen molar-refractivity contribution in [3.63, 3.8) is 0 Å². The average molecular weight is 308 g/mol. The van der Waals surface area contributed by atoms with Crippen LogP contribution in [0.15, 0.2) is 30.9 Å². The summed E-state index contributed by atoms with van der Waals surface area (Å²) >= 11 is 0. The molecule has 1 N–H and O–H groups in total. The summed E-state index contributed by atoms with van der Waals surface area (Å²) < 4.78 is 9.14. The van der Waals surface area contributed by atoms with Gasteiger partial charge in [0.1, 0.15) is 22.9 Å². The molecule has 1 atom stereocenters. The highest BCUT2D eigenvalue weighted by atomic mass is 16.5. The molecule has 0 aromatic carbocycles. The first-order chi connectivity index (χ1) is 11.3. The number of nitrogens with one attached hydrogen (secondary N) is 1. The summed E-state index contributed by atoms with van der Waals surface area (Å²) in [6.45, 7) is 1.98. The van der Waals surface area contributed by atoms with Crippen LogP contribution in [0.3, 0.4) is 0 Å². The van der Waals surface area contributed by atoms with Gasteiger partial charge in [0.2, 0.25) is 0 Å². The van der Waals surface area contributed by atoms with Gasteiger partial charge in [-0.25, -0.2) is 4.52 Å². The van der Waals surface area contributed by atoms with Gasteiger partial charge in [-0.1, -0.05) is 0 Å². The first kappa shape index (κ1) is 13.8. The van der Waals surface area contributed by atoms with Crippen LogP contribution in [0.5, 0.6) is 5.75 Å². The Bertz CT molecular complexity index is 897. The van der Waals surface area contributed by atoms with E-state index in [1.54, 1.807) is 17.8 Å². The van der Waals surface area contributed by atoms with Crippen LogP contribution in [0.2, 0.25) is 0 Å². The molecule has 0 bridgehead atoms. The van der Waals surface area contributed by atoms with Gasteiger partial charge >= 0.3 is 0 Å². The van der Waals surface area contributed by atoms with Crippen LogP contribution in [0.4, 0.5) is 0 Å². The number of fused-ring (bicyclic) bond motifs is 1. The third-order valence-corrected chi connectivity index (χ3v) is 4.26. The van der Waals surface area contributed by atoms with Gasteiger partial charge in [-0.3, -0.25) is 4.68 Å². The topological polar surface area (TPSA) is 80.2 Å². The molecule has 7 heteroatoms. The van der Waals surface area contributed by atoms with Crippen LogP contribution in [0.1, 0.15) is 18.0 Å². The second kappa shape index (κ2) is 5.41. The number of aromatic nitrogens is 4. The van der Waals surface area contributed by atoms with E-state index in [1.165, 1.54) is 0 Å². The van der Waals surface area contributed by atoms with Gasteiger partial charge in [0.05, 0.1) is 25.5 Å². The van der Waals surface area contributed by atoms with E-state index in [9.17, 15) is 5.26 Å². The monoisotopic (exact) mass is 308 g/mol. The van der Waals surface area contributed by atoms with Crippen molar-refractivity contribution in [2.75, 3.05) is 20.2 Å². The molecule has 3 aromatic rings. The molecule has 1 saturated heterocycles. The maximum absolute atomic E-state index is 9.18. The molecule has 0 radical (unpaired) electrons. The van der Waals surface area contributed by atoms with Crippen molar-refractivity contribution in [1.82, 2.24) is 24.7 Å². The Kier molecular flexibility index (Phi) is 3.24. The zero-order valence-corrected chi connectivity index (χ0v) is 12.7. The molecule has 7 nitrogen and oxygen atoms in total. The first-order valence-electron chi connectivity index (χ1n) is 7.51. The summed E-state index contributed by atoms with van der Waals surface area (Å²) in [5.41, 5.74) is 3.15. The van der Waals surface area contributed by atoms with Crippen molar-refractivity contribution in [3.05, 3.63) is 36.4 Å². The van der Waals surface area contributed by atoms with E-state index in [2.05, 4.69) is 21.6 Å². The lowest BCUT2D eigenvalue weighted by Crippen LogP contribution is -2.13. The highest BCUT2D eigenvalue weighted by Gasteiger charge is 2.18. The molecule has 1 fully saturated rings. The normalized spacial score (nSPS) is 17.5. The van der Waals surface area contributed by atoms with E-state index in [0.29, 0.717) is 22.9 Å². The van der Waals surface area contributed by atoms with Gasteiger partial charge < -0.3 is 10.1 Å². The van der Waals surface area contributed by atoms with Gasteiger partial charge in [-0.15, -0.1) is 0 Å². The predicted octanol–water partition coefficient (Wildman–Crippen LogP) is 1.61. The Morgan fingerprint density at radius 2 is 2.22 bits per heavy atom. The fourth-order valence-electron chi connectivity index (χ4n) is 3.03. The summed E-state index contributed by atoms with van der Waals surface area (Å²) in [4.78, 5) is 0. The van der Waals surface area contributed by atoms with Crippen molar-refractivity contribution in [1.29, 1.82) is 5.26 Å². The van der Waals surface area contributed by atoms with Crippen molar-refractivity contribution in [2.45, 2.75) is 12.5 Å². The minimum absolute atomic E-state index is 0.407. The van der Waals surface area contributed by atoms with Crippen LogP contribution < -0.4 is 10.1 Å². The smallest absolute Gasteiger partial charge is 0.146 e. The summed E-state index contributed by atoms with van der Waals surface area (Å²) in [5, 5.41) is 21.3. The summed E-state index contributed by atoms with van der Waals surface area (Å²) in [6, 6.07) is 4.47. The molecule has 0 aliphatic carbocycles. The number of nitrogens with zero attached hydrogens (tertiary/aromatic N) is 5. The average Bonchev–Trinajstić information content (AvgIpc) is 3.31. The summed E-state index contributed by atoms with van der Waals surface area (Å²) in [6.07, 6.45) is 8.44. The summed E-state index contributed by atoms with van der Waals surface area (Å²) in [7, 11) is 1.60. The zero-order chi connectivity index (χ0) is 15.8. The maximum Gasteiger partial charge on any atom is 0.146 e. The zero-order valence-electron chi connectivity index (χ0n) is 12.7. The molecular formula is C16H16N6O. The minimum Gasteiger partial charge on any atom is -0.494 e.